The molecule has 0 spiro atoms. The van der Waals surface area contributed by atoms with Gasteiger partial charge in [0.05, 0.1) is 24.9 Å². The highest BCUT2D eigenvalue weighted by Crippen LogP contribution is 2.06. The van der Waals surface area contributed by atoms with Gasteiger partial charge in [-0.2, -0.15) is 5.10 Å². The Balaban J connectivity index is 2.66. The number of methoxy groups -OCH3 is 1. The van der Waals surface area contributed by atoms with Crippen LogP contribution in [0.4, 0.5) is 0 Å². The second-order valence-electron chi connectivity index (χ2n) is 3.78. The number of ether oxygens (including phenoxy) is 1. The summed E-state index contributed by atoms with van der Waals surface area (Å²) >= 11 is 5.74. The number of carbonyl (C=O) groups is 1. The van der Waals surface area contributed by atoms with Gasteiger partial charge in [-0.15, -0.1) is 0 Å². The van der Waals surface area contributed by atoms with Crippen molar-refractivity contribution in [2.45, 2.75) is 32.5 Å². The van der Waals surface area contributed by atoms with Crippen molar-refractivity contribution in [3.63, 3.8) is 0 Å². The first kappa shape index (κ1) is 13.0. The molecule has 1 rings (SSSR count). The number of nitrogens with one attached hydrogen (secondary N) is 1. The van der Waals surface area contributed by atoms with E-state index in [4.69, 9.17) is 16.3 Å². The van der Waals surface area contributed by atoms with Crippen LogP contribution in [-0.2, 0) is 16.1 Å². The molecule has 1 aromatic rings. The molecule has 0 saturated heterocycles. The Labute approximate surface area is 99.7 Å². The standard InChI is InChI=1S/C10H16ClN3O2/c1-7(2)13-9(10(15)16-3)6-14-5-8(11)4-12-14/h4-5,7,9,13H,6H2,1-3H3. The molecule has 5 nitrogen and oxygen atoms in total. The second kappa shape index (κ2) is 5.86. The summed E-state index contributed by atoms with van der Waals surface area (Å²) in [7, 11) is 1.37. The molecule has 0 fully saturated rings. The first-order valence-corrected chi connectivity index (χ1v) is 5.42. The summed E-state index contributed by atoms with van der Waals surface area (Å²) in [5, 5.41) is 7.68. The number of carbonyl (C=O) groups excluding carboxylic acids is 1. The number of hydrogen-bond acceptors (Lipinski definition) is 4. The summed E-state index contributed by atoms with van der Waals surface area (Å²) in [6.45, 7) is 4.33. The van der Waals surface area contributed by atoms with E-state index >= 15 is 0 Å². The summed E-state index contributed by atoms with van der Waals surface area (Å²) in [6.07, 6.45) is 3.20. The molecule has 1 unspecified atom stereocenters. The first-order chi connectivity index (χ1) is 7.52. The summed E-state index contributed by atoms with van der Waals surface area (Å²) in [5.41, 5.74) is 0. The van der Waals surface area contributed by atoms with Crippen LogP contribution in [0.2, 0.25) is 5.02 Å². The predicted molar refractivity (Wildman–Crippen MR) is 61.3 cm³/mol. The highest BCUT2D eigenvalue weighted by Gasteiger charge is 2.20. The van der Waals surface area contributed by atoms with Gasteiger partial charge >= 0.3 is 5.97 Å². The van der Waals surface area contributed by atoms with Crippen molar-refractivity contribution in [2.24, 2.45) is 0 Å². The maximum absolute atomic E-state index is 11.5. The molecule has 1 heterocycles. The Hall–Kier alpha value is -1.07. The van der Waals surface area contributed by atoms with Crippen LogP contribution in [0, 0.1) is 0 Å². The molecule has 0 aliphatic heterocycles. The number of halogens is 1. The van der Waals surface area contributed by atoms with Crippen LogP contribution in [0.5, 0.6) is 0 Å². The van der Waals surface area contributed by atoms with Gasteiger partial charge in [0, 0.05) is 12.2 Å². The molecular weight excluding hydrogens is 230 g/mol. The predicted octanol–water partition coefficient (Wildman–Crippen LogP) is 1.08. The van der Waals surface area contributed by atoms with Gasteiger partial charge in [-0.05, 0) is 0 Å². The molecule has 1 atom stereocenters. The summed E-state index contributed by atoms with van der Waals surface area (Å²) < 4.78 is 6.33. The molecule has 6 heteroatoms. The number of esters is 1. The van der Waals surface area contributed by atoms with Gasteiger partial charge in [0.1, 0.15) is 6.04 Å². The zero-order valence-electron chi connectivity index (χ0n) is 9.61. The molecule has 0 aromatic carbocycles. The topological polar surface area (TPSA) is 56.2 Å². The lowest BCUT2D eigenvalue weighted by Crippen LogP contribution is -2.44. The lowest BCUT2D eigenvalue weighted by Gasteiger charge is -2.18. The Kier molecular flexibility index (Phi) is 4.76. The molecule has 90 valence electrons. The quantitative estimate of drug-likeness (QED) is 0.789. The zero-order valence-corrected chi connectivity index (χ0v) is 10.4. The van der Waals surface area contributed by atoms with Crippen LogP contribution >= 0.6 is 11.6 Å². The maximum Gasteiger partial charge on any atom is 0.324 e. The van der Waals surface area contributed by atoms with Gasteiger partial charge in [0.2, 0.25) is 0 Å². The average Bonchev–Trinajstić information content (AvgIpc) is 2.61. The molecule has 0 radical (unpaired) electrons. The van der Waals surface area contributed by atoms with Crippen molar-refractivity contribution in [3.05, 3.63) is 17.4 Å². The van der Waals surface area contributed by atoms with E-state index in [1.165, 1.54) is 13.3 Å². The number of rotatable bonds is 5. The minimum atomic E-state index is -0.416. The Bertz CT molecular complexity index is 352. The normalized spacial score (nSPS) is 12.8. The SMILES string of the molecule is COC(=O)C(Cn1cc(Cl)cn1)NC(C)C. The maximum atomic E-state index is 11.5. The Morgan fingerprint density at radius 3 is 2.81 bits per heavy atom. The molecular formula is C10H16ClN3O2. The summed E-state index contributed by atoms with van der Waals surface area (Å²) in [5.74, 6) is -0.305. The molecule has 0 aliphatic rings. The minimum absolute atomic E-state index is 0.190. The fourth-order valence-electron chi connectivity index (χ4n) is 1.37. The number of nitrogens with zero attached hydrogens (tertiary/aromatic N) is 2. The van der Waals surface area contributed by atoms with Crippen LogP contribution in [-0.4, -0.2) is 34.9 Å². The van der Waals surface area contributed by atoms with E-state index in [2.05, 4.69) is 10.4 Å². The largest absolute Gasteiger partial charge is 0.468 e. The highest BCUT2D eigenvalue weighted by atomic mass is 35.5. The third kappa shape index (κ3) is 3.83. The van der Waals surface area contributed by atoms with E-state index in [1.807, 2.05) is 13.8 Å². The fraction of sp³-hybridized carbons (Fsp3) is 0.600. The van der Waals surface area contributed by atoms with Gasteiger partial charge < -0.3 is 10.1 Å². The van der Waals surface area contributed by atoms with Crippen molar-refractivity contribution in [3.8, 4) is 0 Å². The average molecular weight is 246 g/mol. The molecule has 0 aliphatic carbocycles. The van der Waals surface area contributed by atoms with E-state index in [-0.39, 0.29) is 12.0 Å². The molecule has 16 heavy (non-hydrogen) atoms. The van der Waals surface area contributed by atoms with Crippen LogP contribution < -0.4 is 5.32 Å². The third-order valence-electron chi connectivity index (χ3n) is 1.99. The van der Waals surface area contributed by atoms with Crippen molar-refractivity contribution in [2.75, 3.05) is 7.11 Å². The summed E-state index contributed by atoms with van der Waals surface area (Å²) in [6, 6.07) is -0.226. The van der Waals surface area contributed by atoms with Crippen LogP contribution in [0.25, 0.3) is 0 Å². The minimum Gasteiger partial charge on any atom is -0.468 e. The highest BCUT2D eigenvalue weighted by molar-refractivity contribution is 6.30. The van der Waals surface area contributed by atoms with Crippen LogP contribution in [0.1, 0.15) is 13.8 Å². The van der Waals surface area contributed by atoms with Gasteiger partial charge in [-0.1, -0.05) is 25.4 Å². The van der Waals surface area contributed by atoms with Crippen molar-refractivity contribution in [1.82, 2.24) is 15.1 Å². The van der Waals surface area contributed by atoms with E-state index in [0.29, 0.717) is 11.6 Å². The molecule has 0 amide bonds. The van der Waals surface area contributed by atoms with Gasteiger partial charge in [-0.3, -0.25) is 9.48 Å². The second-order valence-corrected chi connectivity index (χ2v) is 4.21. The summed E-state index contributed by atoms with van der Waals surface area (Å²) in [4.78, 5) is 11.5. The molecule has 1 aromatic heterocycles. The van der Waals surface area contributed by atoms with Crippen molar-refractivity contribution < 1.29 is 9.53 Å². The molecule has 1 N–H and O–H groups in total. The monoisotopic (exact) mass is 245 g/mol. The van der Waals surface area contributed by atoms with E-state index in [0.717, 1.165) is 0 Å². The molecule has 0 bridgehead atoms. The zero-order chi connectivity index (χ0) is 12.1. The Morgan fingerprint density at radius 2 is 2.38 bits per heavy atom. The van der Waals surface area contributed by atoms with Crippen molar-refractivity contribution >= 4 is 17.6 Å². The number of hydrogen-bond donors (Lipinski definition) is 1. The number of aromatic nitrogens is 2. The smallest absolute Gasteiger partial charge is 0.324 e. The van der Waals surface area contributed by atoms with E-state index < -0.39 is 6.04 Å². The lowest BCUT2D eigenvalue weighted by molar-refractivity contribution is -0.143. The van der Waals surface area contributed by atoms with Gasteiger partial charge in [0.25, 0.3) is 0 Å². The van der Waals surface area contributed by atoms with Crippen LogP contribution in [0.3, 0.4) is 0 Å². The van der Waals surface area contributed by atoms with E-state index in [1.54, 1.807) is 10.9 Å². The van der Waals surface area contributed by atoms with E-state index in [9.17, 15) is 4.79 Å². The third-order valence-corrected chi connectivity index (χ3v) is 2.19. The van der Waals surface area contributed by atoms with Gasteiger partial charge in [0.15, 0.2) is 0 Å². The lowest BCUT2D eigenvalue weighted by atomic mass is 10.2. The Morgan fingerprint density at radius 1 is 1.69 bits per heavy atom. The van der Waals surface area contributed by atoms with Crippen LogP contribution in [0.15, 0.2) is 12.4 Å². The first-order valence-electron chi connectivity index (χ1n) is 5.04. The van der Waals surface area contributed by atoms with Gasteiger partial charge in [-0.25, -0.2) is 0 Å². The fourth-order valence-corrected chi connectivity index (χ4v) is 1.52. The molecule has 0 saturated carbocycles. The van der Waals surface area contributed by atoms with Crippen molar-refractivity contribution in [1.29, 1.82) is 0 Å².